The molecule has 0 saturated heterocycles. The number of likely N-dealkylation sites (N-methyl/N-ethyl adjacent to an activating group) is 1. The quantitative estimate of drug-likeness (QED) is 0.559. The van der Waals surface area contributed by atoms with E-state index in [9.17, 15) is 4.79 Å². The molecule has 1 aliphatic heterocycles. The molecule has 0 radical (unpaired) electrons. The van der Waals surface area contributed by atoms with Gasteiger partial charge in [-0.05, 0) is 13.1 Å². The van der Waals surface area contributed by atoms with E-state index in [4.69, 9.17) is 21.4 Å². The molecule has 0 spiro atoms. The van der Waals surface area contributed by atoms with Crippen molar-refractivity contribution >= 4 is 17.6 Å². The highest BCUT2D eigenvalue weighted by atomic mass is 35.5. The Hall–Kier alpha value is -0.740. The van der Waals surface area contributed by atoms with Crippen LogP contribution < -0.4 is 0 Å². The van der Waals surface area contributed by atoms with Crippen LogP contribution in [0.2, 0.25) is 0 Å². The van der Waals surface area contributed by atoms with Crippen molar-refractivity contribution in [2.45, 2.75) is 18.5 Å². The number of aliphatic carboxylic acids is 1. The van der Waals surface area contributed by atoms with Crippen molar-refractivity contribution in [2.24, 2.45) is 5.92 Å². The molecule has 4 nitrogen and oxygen atoms in total. The molecule has 0 aliphatic carbocycles. The van der Waals surface area contributed by atoms with Gasteiger partial charge in [-0.1, -0.05) is 6.92 Å². The third-order valence-electron chi connectivity index (χ3n) is 2.54. The van der Waals surface area contributed by atoms with Crippen LogP contribution in [0.5, 0.6) is 0 Å². The highest BCUT2D eigenvalue weighted by Gasteiger charge is 2.38. The standard InChI is InChI=1S/C9H14ClNO3/c1-5-6(14-3)4-7(10)11(2)8(5)9(12)13/h4-5,7-8H,1-3H3,(H,12,13). The van der Waals surface area contributed by atoms with E-state index >= 15 is 0 Å². The third-order valence-corrected chi connectivity index (χ3v) is 2.97. The summed E-state index contributed by atoms with van der Waals surface area (Å²) < 4.78 is 5.09. The number of methoxy groups -OCH3 is 1. The van der Waals surface area contributed by atoms with Gasteiger partial charge < -0.3 is 9.84 Å². The maximum absolute atomic E-state index is 11.0. The van der Waals surface area contributed by atoms with E-state index in [0.717, 1.165) is 0 Å². The molecular weight excluding hydrogens is 206 g/mol. The zero-order chi connectivity index (χ0) is 10.9. The molecule has 0 aromatic heterocycles. The third kappa shape index (κ3) is 1.86. The van der Waals surface area contributed by atoms with Gasteiger partial charge in [0.15, 0.2) is 0 Å². The Morgan fingerprint density at radius 1 is 1.71 bits per heavy atom. The first-order valence-electron chi connectivity index (χ1n) is 4.33. The zero-order valence-corrected chi connectivity index (χ0v) is 9.15. The number of hydrogen-bond donors (Lipinski definition) is 1. The topological polar surface area (TPSA) is 49.8 Å². The summed E-state index contributed by atoms with van der Waals surface area (Å²) in [6.07, 6.45) is 1.73. The fraction of sp³-hybridized carbons (Fsp3) is 0.667. The number of carboxylic acid groups (broad SMARTS) is 1. The number of nitrogens with zero attached hydrogens (tertiary/aromatic N) is 1. The Morgan fingerprint density at radius 2 is 2.29 bits per heavy atom. The molecule has 0 aromatic carbocycles. The minimum absolute atomic E-state index is 0.183. The van der Waals surface area contributed by atoms with E-state index in [1.165, 1.54) is 7.11 Å². The zero-order valence-electron chi connectivity index (χ0n) is 8.40. The van der Waals surface area contributed by atoms with E-state index < -0.39 is 17.5 Å². The summed E-state index contributed by atoms with van der Waals surface area (Å²) in [4.78, 5) is 12.6. The fourth-order valence-corrected chi connectivity index (χ4v) is 1.95. The highest BCUT2D eigenvalue weighted by molar-refractivity contribution is 6.21. The van der Waals surface area contributed by atoms with Crippen LogP contribution in [0.1, 0.15) is 6.92 Å². The Bertz CT molecular complexity index is 267. The van der Waals surface area contributed by atoms with Crippen molar-refractivity contribution in [1.29, 1.82) is 0 Å². The van der Waals surface area contributed by atoms with Crippen LogP contribution in [0.3, 0.4) is 0 Å². The van der Waals surface area contributed by atoms with Gasteiger partial charge in [-0.3, -0.25) is 9.69 Å². The lowest BCUT2D eigenvalue weighted by Gasteiger charge is -2.36. The summed E-state index contributed by atoms with van der Waals surface area (Å²) in [5, 5.41) is 9.03. The molecule has 3 unspecified atom stereocenters. The Labute approximate surface area is 88.1 Å². The predicted molar refractivity (Wildman–Crippen MR) is 53.1 cm³/mol. The van der Waals surface area contributed by atoms with Gasteiger partial charge in [0.25, 0.3) is 0 Å². The lowest BCUT2D eigenvalue weighted by molar-refractivity contribution is -0.145. The summed E-state index contributed by atoms with van der Waals surface area (Å²) in [6, 6.07) is -0.627. The van der Waals surface area contributed by atoms with Gasteiger partial charge >= 0.3 is 5.97 Å². The van der Waals surface area contributed by atoms with Gasteiger partial charge in [-0.2, -0.15) is 0 Å². The molecule has 1 heterocycles. The second-order valence-electron chi connectivity index (χ2n) is 3.38. The van der Waals surface area contributed by atoms with Crippen LogP contribution in [-0.4, -0.2) is 41.7 Å². The molecule has 1 aliphatic rings. The summed E-state index contributed by atoms with van der Waals surface area (Å²) in [6.45, 7) is 1.81. The van der Waals surface area contributed by atoms with Gasteiger partial charge in [0.2, 0.25) is 0 Å². The monoisotopic (exact) mass is 219 g/mol. The molecule has 0 fully saturated rings. The Morgan fingerprint density at radius 3 is 2.71 bits per heavy atom. The maximum Gasteiger partial charge on any atom is 0.321 e. The second kappa shape index (κ2) is 4.19. The summed E-state index contributed by atoms with van der Waals surface area (Å²) in [7, 11) is 3.21. The largest absolute Gasteiger partial charge is 0.501 e. The van der Waals surface area contributed by atoms with E-state index in [0.29, 0.717) is 5.76 Å². The highest BCUT2D eigenvalue weighted by Crippen LogP contribution is 2.28. The average Bonchev–Trinajstić information content (AvgIpc) is 2.11. The van der Waals surface area contributed by atoms with Crippen molar-refractivity contribution in [3.8, 4) is 0 Å². The van der Waals surface area contributed by atoms with E-state index in [1.807, 2.05) is 6.92 Å². The normalized spacial score (nSPS) is 33.7. The number of hydrogen-bond acceptors (Lipinski definition) is 3. The van der Waals surface area contributed by atoms with Gasteiger partial charge in [-0.25, -0.2) is 0 Å². The first-order chi connectivity index (χ1) is 6.49. The smallest absolute Gasteiger partial charge is 0.321 e. The van der Waals surface area contributed by atoms with Gasteiger partial charge in [-0.15, -0.1) is 11.6 Å². The van der Waals surface area contributed by atoms with Crippen LogP contribution in [0.4, 0.5) is 0 Å². The molecule has 1 N–H and O–H groups in total. The predicted octanol–water partition coefficient (Wildman–Crippen LogP) is 1.12. The summed E-state index contributed by atoms with van der Waals surface area (Å²) in [5.41, 5.74) is -0.428. The van der Waals surface area contributed by atoms with Crippen LogP contribution in [0.15, 0.2) is 11.8 Å². The molecule has 80 valence electrons. The van der Waals surface area contributed by atoms with E-state index in [1.54, 1.807) is 18.0 Å². The first kappa shape index (κ1) is 11.3. The number of carboxylic acids is 1. The number of ether oxygens (including phenoxy) is 1. The molecule has 1 rings (SSSR count). The van der Waals surface area contributed by atoms with Crippen molar-refractivity contribution in [3.63, 3.8) is 0 Å². The number of alkyl halides is 1. The Kier molecular flexibility index (Phi) is 3.39. The molecule has 5 heteroatoms. The average molecular weight is 220 g/mol. The summed E-state index contributed by atoms with van der Waals surface area (Å²) >= 11 is 5.95. The van der Waals surface area contributed by atoms with Crippen molar-refractivity contribution in [1.82, 2.24) is 4.90 Å². The van der Waals surface area contributed by atoms with Crippen molar-refractivity contribution in [2.75, 3.05) is 14.2 Å². The molecule has 0 amide bonds. The number of rotatable bonds is 2. The van der Waals surface area contributed by atoms with Gasteiger partial charge in [0.05, 0.1) is 12.9 Å². The molecule has 0 aromatic rings. The van der Waals surface area contributed by atoms with Gasteiger partial charge in [0, 0.05) is 5.92 Å². The molecule has 3 atom stereocenters. The molecular formula is C9H14ClNO3. The van der Waals surface area contributed by atoms with Crippen LogP contribution in [-0.2, 0) is 9.53 Å². The number of halogens is 1. The van der Waals surface area contributed by atoms with E-state index in [-0.39, 0.29) is 5.92 Å². The lowest BCUT2D eigenvalue weighted by Crippen LogP contribution is -2.49. The molecule has 0 bridgehead atoms. The van der Waals surface area contributed by atoms with Crippen LogP contribution in [0, 0.1) is 5.92 Å². The van der Waals surface area contributed by atoms with Crippen molar-refractivity contribution in [3.05, 3.63) is 11.8 Å². The summed E-state index contributed by atoms with van der Waals surface area (Å²) in [5.74, 6) is -0.429. The van der Waals surface area contributed by atoms with Crippen molar-refractivity contribution < 1.29 is 14.6 Å². The minimum Gasteiger partial charge on any atom is -0.501 e. The molecule has 0 saturated carbocycles. The lowest BCUT2D eigenvalue weighted by atomic mass is 9.95. The number of carbonyl (C=O) groups is 1. The first-order valence-corrected chi connectivity index (χ1v) is 4.77. The van der Waals surface area contributed by atoms with Crippen LogP contribution in [0.25, 0.3) is 0 Å². The Balaban J connectivity index is 2.98. The van der Waals surface area contributed by atoms with Gasteiger partial charge in [0.1, 0.15) is 11.5 Å². The SMILES string of the molecule is COC1=CC(Cl)N(C)C(C(=O)O)C1C. The minimum atomic E-state index is -0.881. The maximum atomic E-state index is 11.0. The fourth-order valence-electron chi connectivity index (χ4n) is 1.71. The van der Waals surface area contributed by atoms with Crippen LogP contribution >= 0.6 is 11.6 Å². The van der Waals surface area contributed by atoms with E-state index in [2.05, 4.69) is 0 Å². The second-order valence-corrected chi connectivity index (χ2v) is 3.83. The molecule has 14 heavy (non-hydrogen) atoms.